The molecular formula is C13H14N2O3. The van der Waals surface area contributed by atoms with E-state index >= 15 is 0 Å². The molecule has 0 saturated heterocycles. The summed E-state index contributed by atoms with van der Waals surface area (Å²) in [6.07, 6.45) is 2.39. The zero-order valence-electron chi connectivity index (χ0n) is 9.74. The summed E-state index contributed by atoms with van der Waals surface area (Å²) in [5.41, 5.74) is 5.51. The van der Waals surface area contributed by atoms with E-state index in [0.717, 1.165) is 12.8 Å². The Balaban J connectivity index is 1.95. The fraction of sp³-hybridized carbons (Fsp3) is 0.231. The molecule has 0 spiro atoms. The Morgan fingerprint density at radius 2 is 2.06 bits per heavy atom. The minimum atomic E-state index is -0.807. The van der Waals surface area contributed by atoms with Crippen molar-refractivity contribution in [2.45, 2.75) is 12.8 Å². The summed E-state index contributed by atoms with van der Waals surface area (Å²) < 4.78 is 4.93. The van der Waals surface area contributed by atoms with E-state index in [-0.39, 0.29) is 17.5 Å². The van der Waals surface area contributed by atoms with Crippen LogP contribution in [0.3, 0.4) is 0 Å². The first-order chi connectivity index (χ1) is 8.65. The summed E-state index contributed by atoms with van der Waals surface area (Å²) >= 11 is 0. The van der Waals surface area contributed by atoms with E-state index in [2.05, 4.69) is 4.99 Å². The van der Waals surface area contributed by atoms with E-state index < -0.39 is 6.09 Å². The molecule has 1 amide bonds. The van der Waals surface area contributed by atoms with E-state index in [9.17, 15) is 9.90 Å². The van der Waals surface area contributed by atoms with Crippen LogP contribution in [0.2, 0.25) is 0 Å². The quantitative estimate of drug-likeness (QED) is 0.487. The smallest absolute Gasteiger partial charge is 0.441 e. The number of ether oxygens (including phenoxy) is 1. The Morgan fingerprint density at radius 1 is 1.39 bits per heavy atom. The molecule has 94 valence electrons. The van der Waals surface area contributed by atoms with Crippen molar-refractivity contribution in [3.8, 4) is 5.75 Å². The molecule has 1 aliphatic rings. The van der Waals surface area contributed by atoms with Gasteiger partial charge in [-0.15, -0.1) is 0 Å². The third-order valence-electron chi connectivity index (χ3n) is 2.46. The fourth-order valence-corrected chi connectivity index (χ4v) is 1.40. The standard InChI is InChI=1S/C13H14N2O3/c14-12(8-11(16)9-6-7-9)15-13(17)18-10-4-2-1-3-5-10/h1-5,8-9,16H,6-7H2,(H2,14,15,17)/b11-8-. The number of aliphatic hydroxyl groups excluding tert-OH is 1. The van der Waals surface area contributed by atoms with Crippen molar-refractivity contribution in [2.24, 2.45) is 16.6 Å². The van der Waals surface area contributed by atoms with E-state index in [1.165, 1.54) is 6.08 Å². The average molecular weight is 246 g/mol. The van der Waals surface area contributed by atoms with Gasteiger partial charge in [0.05, 0.1) is 5.76 Å². The lowest BCUT2D eigenvalue weighted by molar-refractivity contribution is 0.211. The third-order valence-corrected chi connectivity index (χ3v) is 2.46. The topological polar surface area (TPSA) is 84.9 Å². The van der Waals surface area contributed by atoms with Crippen LogP contribution in [0.15, 0.2) is 47.2 Å². The minimum Gasteiger partial charge on any atom is -0.512 e. The number of para-hydroxylation sites is 1. The lowest BCUT2D eigenvalue weighted by Crippen LogP contribution is -2.14. The van der Waals surface area contributed by atoms with Crippen LogP contribution in [0, 0.1) is 5.92 Å². The molecule has 0 heterocycles. The molecule has 1 aromatic rings. The molecule has 1 saturated carbocycles. The molecule has 5 heteroatoms. The summed E-state index contributed by atoms with van der Waals surface area (Å²) in [5.74, 6) is 0.683. The molecule has 5 nitrogen and oxygen atoms in total. The number of carbonyl (C=O) groups excluding carboxylic acids is 1. The summed E-state index contributed by atoms with van der Waals surface area (Å²) in [6.45, 7) is 0. The van der Waals surface area contributed by atoms with Crippen molar-refractivity contribution < 1.29 is 14.6 Å². The maximum Gasteiger partial charge on any atom is 0.441 e. The van der Waals surface area contributed by atoms with E-state index in [1.807, 2.05) is 6.07 Å². The highest BCUT2D eigenvalue weighted by molar-refractivity contribution is 5.98. The van der Waals surface area contributed by atoms with Gasteiger partial charge in [-0.25, -0.2) is 4.79 Å². The molecular weight excluding hydrogens is 232 g/mol. The Kier molecular flexibility index (Phi) is 3.62. The number of nitrogens with zero attached hydrogens (tertiary/aromatic N) is 1. The molecule has 0 atom stereocenters. The summed E-state index contributed by atoms with van der Waals surface area (Å²) in [7, 11) is 0. The number of aliphatic imine (C=N–C) groups is 1. The van der Waals surface area contributed by atoms with Crippen LogP contribution in [0.4, 0.5) is 4.79 Å². The van der Waals surface area contributed by atoms with Crippen LogP contribution >= 0.6 is 0 Å². The molecule has 0 radical (unpaired) electrons. The van der Waals surface area contributed by atoms with Gasteiger partial charge >= 0.3 is 6.09 Å². The molecule has 0 unspecified atom stereocenters. The van der Waals surface area contributed by atoms with Gasteiger partial charge in [0.15, 0.2) is 0 Å². The maximum atomic E-state index is 11.4. The number of carbonyl (C=O) groups is 1. The predicted octanol–water partition coefficient (Wildman–Crippen LogP) is 2.39. The number of benzene rings is 1. The number of rotatable bonds is 3. The van der Waals surface area contributed by atoms with Gasteiger partial charge in [0.2, 0.25) is 0 Å². The van der Waals surface area contributed by atoms with Gasteiger partial charge in [0, 0.05) is 12.0 Å². The van der Waals surface area contributed by atoms with Crippen molar-refractivity contribution in [3.63, 3.8) is 0 Å². The van der Waals surface area contributed by atoms with Crippen molar-refractivity contribution in [1.82, 2.24) is 0 Å². The first-order valence-electron chi connectivity index (χ1n) is 5.67. The van der Waals surface area contributed by atoms with Crippen LogP contribution < -0.4 is 10.5 Å². The predicted molar refractivity (Wildman–Crippen MR) is 67.5 cm³/mol. The van der Waals surface area contributed by atoms with Crippen molar-refractivity contribution in [3.05, 3.63) is 42.2 Å². The van der Waals surface area contributed by atoms with Crippen LogP contribution in [-0.4, -0.2) is 17.0 Å². The van der Waals surface area contributed by atoms with Gasteiger partial charge < -0.3 is 15.6 Å². The average Bonchev–Trinajstić information content (AvgIpc) is 3.13. The first kappa shape index (κ1) is 12.2. The van der Waals surface area contributed by atoms with Gasteiger partial charge in [0.25, 0.3) is 0 Å². The monoisotopic (exact) mass is 246 g/mol. The minimum absolute atomic E-state index is 0.0552. The maximum absolute atomic E-state index is 11.4. The molecule has 0 bridgehead atoms. The van der Waals surface area contributed by atoms with Crippen LogP contribution in [-0.2, 0) is 0 Å². The van der Waals surface area contributed by atoms with Crippen LogP contribution in [0.5, 0.6) is 5.75 Å². The second kappa shape index (κ2) is 5.35. The Labute approximate surface area is 105 Å². The molecule has 0 aliphatic heterocycles. The van der Waals surface area contributed by atoms with Gasteiger partial charge in [0.1, 0.15) is 11.6 Å². The van der Waals surface area contributed by atoms with Crippen molar-refractivity contribution in [2.75, 3.05) is 0 Å². The van der Waals surface area contributed by atoms with Gasteiger partial charge in [-0.2, -0.15) is 4.99 Å². The molecule has 2 rings (SSSR count). The molecule has 3 N–H and O–H groups in total. The highest BCUT2D eigenvalue weighted by Crippen LogP contribution is 2.34. The third kappa shape index (κ3) is 3.62. The zero-order valence-corrected chi connectivity index (χ0v) is 9.74. The number of amidine groups is 1. The van der Waals surface area contributed by atoms with Crippen LogP contribution in [0.25, 0.3) is 0 Å². The summed E-state index contributed by atoms with van der Waals surface area (Å²) in [6, 6.07) is 8.58. The van der Waals surface area contributed by atoms with Crippen LogP contribution in [0.1, 0.15) is 12.8 Å². The zero-order chi connectivity index (χ0) is 13.0. The molecule has 1 fully saturated rings. The molecule has 18 heavy (non-hydrogen) atoms. The molecule has 0 aromatic heterocycles. The second-order valence-electron chi connectivity index (χ2n) is 4.06. The van der Waals surface area contributed by atoms with Gasteiger partial charge in [-0.05, 0) is 25.0 Å². The lowest BCUT2D eigenvalue weighted by atomic mass is 10.3. The van der Waals surface area contributed by atoms with E-state index in [1.54, 1.807) is 24.3 Å². The Morgan fingerprint density at radius 3 is 2.67 bits per heavy atom. The summed E-state index contributed by atoms with van der Waals surface area (Å²) in [5, 5.41) is 9.51. The number of aliphatic hydroxyl groups is 1. The number of allylic oxidation sites excluding steroid dienone is 1. The SMILES string of the molecule is NC(/C=C(\O)C1CC1)=N/C(=O)Oc1ccccc1. The van der Waals surface area contributed by atoms with E-state index in [0.29, 0.717) is 5.75 Å². The largest absolute Gasteiger partial charge is 0.512 e. The fourth-order valence-electron chi connectivity index (χ4n) is 1.40. The van der Waals surface area contributed by atoms with Crippen molar-refractivity contribution >= 4 is 11.9 Å². The molecule has 1 aliphatic carbocycles. The first-order valence-corrected chi connectivity index (χ1v) is 5.67. The summed E-state index contributed by atoms with van der Waals surface area (Å²) in [4.78, 5) is 14.9. The number of nitrogens with two attached hydrogens (primary N) is 1. The molecule has 1 aromatic carbocycles. The van der Waals surface area contributed by atoms with Gasteiger partial charge in [-0.1, -0.05) is 18.2 Å². The Bertz CT molecular complexity index is 490. The lowest BCUT2D eigenvalue weighted by Gasteiger charge is -2.00. The second-order valence-corrected chi connectivity index (χ2v) is 4.06. The number of hydrogen-bond donors (Lipinski definition) is 2. The normalized spacial score (nSPS) is 16.4. The Hall–Kier alpha value is -2.30. The highest BCUT2D eigenvalue weighted by Gasteiger charge is 2.25. The highest BCUT2D eigenvalue weighted by atomic mass is 16.5. The van der Waals surface area contributed by atoms with Gasteiger partial charge in [-0.3, -0.25) is 0 Å². The number of amides is 1. The van der Waals surface area contributed by atoms with E-state index in [4.69, 9.17) is 10.5 Å². The number of hydrogen-bond acceptors (Lipinski definition) is 3. The van der Waals surface area contributed by atoms with Crippen molar-refractivity contribution in [1.29, 1.82) is 0 Å².